The molecule has 6 heteroatoms. The second-order valence-corrected chi connectivity index (χ2v) is 4.58. The van der Waals surface area contributed by atoms with E-state index in [2.05, 4.69) is 10.6 Å². The topological polar surface area (TPSA) is 95.5 Å². The van der Waals surface area contributed by atoms with Crippen molar-refractivity contribution < 1.29 is 19.5 Å². The van der Waals surface area contributed by atoms with Crippen LogP contribution in [0.25, 0.3) is 0 Å². The summed E-state index contributed by atoms with van der Waals surface area (Å²) in [6.07, 6.45) is 0.884. The van der Waals surface area contributed by atoms with Gasteiger partial charge in [0.2, 0.25) is 5.91 Å². The van der Waals surface area contributed by atoms with Gasteiger partial charge in [-0.1, -0.05) is 19.1 Å². The molecule has 0 aliphatic rings. The largest absolute Gasteiger partial charge is 0.481 e. The molecule has 2 amide bonds. The summed E-state index contributed by atoms with van der Waals surface area (Å²) in [5.41, 5.74) is 1.43. The number of carboxylic acids is 1. The minimum Gasteiger partial charge on any atom is -0.481 e. The first kappa shape index (κ1) is 16.7. The van der Waals surface area contributed by atoms with Crippen LogP contribution >= 0.6 is 0 Å². The fourth-order valence-electron chi connectivity index (χ4n) is 1.64. The number of hydrogen-bond donors (Lipinski definition) is 3. The number of aliphatic carboxylic acids is 1. The summed E-state index contributed by atoms with van der Waals surface area (Å²) >= 11 is 0. The molecule has 0 aromatic heterocycles. The van der Waals surface area contributed by atoms with Crippen molar-refractivity contribution in [3.63, 3.8) is 0 Å². The summed E-state index contributed by atoms with van der Waals surface area (Å²) in [5.74, 6) is -1.12. The molecular weight excluding hydrogens is 272 g/mol. The van der Waals surface area contributed by atoms with Gasteiger partial charge >= 0.3 is 5.97 Å². The molecule has 0 atom stereocenters. The molecule has 1 rings (SSSR count). The number of benzene rings is 1. The third-order valence-electron chi connectivity index (χ3n) is 2.88. The molecule has 21 heavy (non-hydrogen) atoms. The van der Waals surface area contributed by atoms with E-state index < -0.39 is 5.97 Å². The summed E-state index contributed by atoms with van der Waals surface area (Å²) in [6, 6.07) is 6.92. The van der Waals surface area contributed by atoms with E-state index >= 15 is 0 Å². The molecule has 0 fully saturated rings. The predicted molar refractivity (Wildman–Crippen MR) is 77.8 cm³/mol. The van der Waals surface area contributed by atoms with Crippen molar-refractivity contribution in [1.29, 1.82) is 0 Å². The van der Waals surface area contributed by atoms with Crippen LogP contribution in [0, 0.1) is 0 Å². The van der Waals surface area contributed by atoms with Gasteiger partial charge in [0.1, 0.15) is 0 Å². The lowest BCUT2D eigenvalue weighted by Gasteiger charge is -2.06. The Bertz CT molecular complexity index is 497. The Hall–Kier alpha value is -2.37. The number of nitrogens with one attached hydrogen (secondary N) is 2. The van der Waals surface area contributed by atoms with Crippen molar-refractivity contribution in [1.82, 2.24) is 10.6 Å². The van der Waals surface area contributed by atoms with Gasteiger partial charge in [-0.15, -0.1) is 0 Å². The number of carbonyl (C=O) groups excluding carboxylic acids is 2. The van der Waals surface area contributed by atoms with Crippen LogP contribution in [0.3, 0.4) is 0 Å². The summed E-state index contributed by atoms with van der Waals surface area (Å²) in [7, 11) is 0. The number of amides is 2. The lowest BCUT2D eigenvalue weighted by Crippen LogP contribution is -2.25. The number of hydrogen-bond acceptors (Lipinski definition) is 3. The maximum Gasteiger partial charge on any atom is 0.303 e. The summed E-state index contributed by atoms with van der Waals surface area (Å²) < 4.78 is 0. The Labute approximate surface area is 123 Å². The standard InChI is InChI=1S/C15H20N2O4/c1-2-13(18)17-10-11-5-7-12(8-6-11)15(21)16-9-3-4-14(19)20/h5-8H,2-4,9-10H2,1H3,(H,16,21)(H,17,18)(H,19,20). The first-order valence-electron chi connectivity index (χ1n) is 6.88. The molecule has 0 saturated carbocycles. The van der Waals surface area contributed by atoms with Crippen LogP contribution in [0.5, 0.6) is 0 Å². The highest BCUT2D eigenvalue weighted by Crippen LogP contribution is 2.04. The van der Waals surface area contributed by atoms with Crippen LogP contribution in [-0.2, 0) is 16.1 Å². The van der Waals surface area contributed by atoms with Crippen molar-refractivity contribution in [2.24, 2.45) is 0 Å². The van der Waals surface area contributed by atoms with E-state index in [1.54, 1.807) is 31.2 Å². The molecular formula is C15H20N2O4. The summed E-state index contributed by atoms with van der Waals surface area (Å²) in [6.45, 7) is 2.56. The number of rotatable bonds is 8. The maximum absolute atomic E-state index is 11.8. The second kappa shape index (κ2) is 8.73. The average Bonchev–Trinajstić information content (AvgIpc) is 2.49. The van der Waals surface area contributed by atoms with Crippen molar-refractivity contribution in [2.75, 3.05) is 6.54 Å². The van der Waals surface area contributed by atoms with Gasteiger partial charge in [0.05, 0.1) is 0 Å². The number of carbonyl (C=O) groups is 3. The molecule has 1 aromatic carbocycles. The predicted octanol–water partition coefficient (Wildman–Crippen LogP) is 1.31. The van der Waals surface area contributed by atoms with Crippen LogP contribution in [0.15, 0.2) is 24.3 Å². The molecule has 0 radical (unpaired) electrons. The van der Waals surface area contributed by atoms with Crippen LogP contribution in [0.4, 0.5) is 0 Å². The van der Waals surface area contributed by atoms with Gasteiger partial charge in [0.25, 0.3) is 5.91 Å². The fraction of sp³-hybridized carbons (Fsp3) is 0.400. The summed E-state index contributed by atoms with van der Waals surface area (Å²) in [5, 5.41) is 13.9. The van der Waals surface area contributed by atoms with Gasteiger partial charge in [-0.05, 0) is 24.1 Å². The highest BCUT2D eigenvalue weighted by molar-refractivity contribution is 5.94. The van der Waals surface area contributed by atoms with Crippen LogP contribution in [0.1, 0.15) is 42.1 Å². The molecule has 0 spiro atoms. The average molecular weight is 292 g/mol. The zero-order valence-corrected chi connectivity index (χ0v) is 12.0. The monoisotopic (exact) mass is 292 g/mol. The quantitative estimate of drug-likeness (QED) is 0.629. The van der Waals surface area contributed by atoms with Gasteiger partial charge in [-0.25, -0.2) is 0 Å². The molecule has 3 N–H and O–H groups in total. The van der Waals surface area contributed by atoms with E-state index in [4.69, 9.17) is 5.11 Å². The molecule has 0 aliphatic carbocycles. The van der Waals surface area contributed by atoms with Gasteiger partial charge in [-0.2, -0.15) is 0 Å². The fourth-order valence-corrected chi connectivity index (χ4v) is 1.64. The lowest BCUT2D eigenvalue weighted by molar-refractivity contribution is -0.137. The first-order chi connectivity index (χ1) is 10.0. The smallest absolute Gasteiger partial charge is 0.303 e. The van der Waals surface area contributed by atoms with E-state index in [9.17, 15) is 14.4 Å². The molecule has 0 aliphatic heterocycles. The minimum absolute atomic E-state index is 0.0183. The van der Waals surface area contributed by atoms with E-state index in [-0.39, 0.29) is 18.2 Å². The Morgan fingerprint density at radius 2 is 1.76 bits per heavy atom. The maximum atomic E-state index is 11.8. The van der Waals surface area contributed by atoms with Crippen LogP contribution < -0.4 is 10.6 Å². The second-order valence-electron chi connectivity index (χ2n) is 4.58. The van der Waals surface area contributed by atoms with Gasteiger partial charge in [-0.3, -0.25) is 14.4 Å². The SMILES string of the molecule is CCC(=O)NCc1ccc(C(=O)NCCCC(=O)O)cc1. The van der Waals surface area contributed by atoms with Crippen molar-refractivity contribution in [2.45, 2.75) is 32.7 Å². The van der Waals surface area contributed by atoms with Gasteiger partial charge < -0.3 is 15.7 Å². The third kappa shape index (κ3) is 6.56. The van der Waals surface area contributed by atoms with Crippen LogP contribution in [0.2, 0.25) is 0 Å². The molecule has 1 aromatic rings. The minimum atomic E-state index is -0.872. The molecule has 6 nitrogen and oxygen atoms in total. The highest BCUT2D eigenvalue weighted by Gasteiger charge is 2.05. The Morgan fingerprint density at radius 3 is 2.33 bits per heavy atom. The van der Waals surface area contributed by atoms with Crippen molar-refractivity contribution in [3.8, 4) is 0 Å². The molecule has 0 saturated heterocycles. The van der Waals surface area contributed by atoms with E-state index in [0.717, 1.165) is 5.56 Å². The molecule has 114 valence electrons. The molecule has 0 bridgehead atoms. The Morgan fingerprint density at radius 1 is 1.10 bits per heavy atom. The van der Waals surface area contributed by atoms with E-state index in [1.807, 2.05) is 0 Å². The van der Waals surface area contributed by atoms with Crippen molar-refractivity contribution in [3.05, 3.63) is 35.4 Å². The molecule has 0 heterocycles. The Balaban J connectivity index is 2.40. The van der Waals surface area contributed by atoms with Crippen molar-refractivity contribution >= 4 is 17.8 Å². The van der Waals surface area contributed by atoms with Gasteiger partial charge in [0.15, 0.2) is 0 Å². The van der Waals surface area contributed by atoms with E-state index in [0.29, 0.717) is 31.5 Å². The molecule has 0 unspecified atom stereocenters. The Kier molecular flexibility index (Phi) is 6.94. The van der Waals surface area contributed by atoms with Gasteiger partial charge in [0, 0.05) is 31.5 Å². The summed E-state index contributed by atoms with van der Waals surface area (Å²) in [4.78, 5) is 33.3. The lowest BCUT2D eigenvalue weighted by atomic mass is 10.1. The first-order valence-corrected chi connectivity index (χ1v) is 6.88. The third-order valence-corrected chi connectivity index (χ3v) is 2.88. The normalized spacial score (nSPS) is 9.95. The highest BCUT2D eigenvalue weighted by atomic mass is 16.4. The van der Waals surface area contributed by atoms with Crippen LogP contribution in [-0.4, -0.2) is 29.4 Å². The van der Waals surface area contributed by atoms with E-state index in [1.165, 1.54) is 0 Å². The zero-order valence-electron chi connectivity index (χ0n) is 12.0. The number of carboxylic acid groups (broad SMARTS) is 1. The zero-order chi connectivity index (χ0) is 15.7.